The number of ether oxygens (including phenoxy) is 1. The van der Waals surface area contributed by atoms with Crippen molar-refractivity contribution in [3.63, 3.8) is 0 Å². The third kappa shape index (κ3) is 4.34. The second-order valence-corrected chi connectivity index (χ2v) is 9.64. The highest BCUT2D eigenvalue weighted by Crippen LogP contribution is 2.31. The topological polar surface area (TPSA) is 106 Å². The minimum absolute atomic E-state index is 0.254. The molecule has 10 heteroatoms. The van der Waals surface area contributed by atoms with Gasteiger partial charge in [0.05, 0.1) is 42.0 Å². The first-order valence-corrected chi connectivity index (χ1v) is 13.1. The number of anilines is 1. The molecule has 0 aliphatic carbocycles. The number of hydrogen-bond acceptors (Lipinski definition) is 7. The maximum absolute atomic E-state index is 11.9. The molecule has 0 spiro atoms. The molecule has 1 saturated heterocycles. The Morgan fingerprint density at radius 2 is 1.70 bits per heavy atom. The fourth-order valence-corrected chi connectivity index (χ4v) is 5.05. The van der Waals surface area contributed by atoms with Crippen LogP contribution in [-0.2, 0) is 11.8 Å². The van der Waals surface area contributed by atoms with Gasteiger partial charge in [0.1, 0.15) is 5.69 Å². The van der Waals surface area contributed by atoms with E-state index in [9.17, 15) is 4.79 Å². The number of imidazole rings is 1. The van der Waals surface area contributed by atoms with Gasteiger partial charge in [0, 0.05) is 36.7 Å². The smallest absolute Gasteiger partial charge is 0.343 e. The van der Waals surface area contributed by atoms with E-state index in [1.807, 2.05) is 77.5 Å². The van der Waals surface area contributed by atoms with Gasteiger partial charge < -0.3 is 9.64 Å². The van der Waals surface area contributed by atoms with E-state index in [1.54, 1.807) is 7.05 Å². The largest absolute Gasteiger partial charge is 0.378 e. The van der Waals surface area contributed by atoms with Crippen molar-refractivity contribution < 1.29 is 4.74 Å². The molecule has 1 fully saturated rings. The Labute approximate surface area is 229 Å². The normalized spacial score (nSPS) is 14.1. The van der Waals surface area contributed by atoms with Crippen molar-refractivity contribution in [2.45, 2.75) is 0 Å². The average molecular weight is 531 g/mol. The van der Waals surface area contributed by atoms with E-state index in [0.29, 0.717) is 19.0 Å². The Morgan fingerprint density at radius 1 is 0.900 bits per heavy atom. The van der Waals surface area contributed by atoms with Crippen LogP contribution < -0.4 is 10.6 Å². The highest BCUT2D eigenvalue weighted by molar-refractivity contribution is 5.85. The summed E-state index contributed by atoms with van der Waals surface area (Å²) in [6.45, 7) is 2.95. The summed E-state index contributed by atoms with van der Waals surface area (Å²) in [4.78, 5) is 26.8. The summed E-state index contributed by atoms with van der Waals surface area (Å²) in [5, 5.41) is 10.1. The summed E-state index contributed by atoms with van der Waals surface area (Å²) in [6, 6.07) is 22.0. The third-order valence-corrected chi connectivity index (χ3v) is 7.11. The number of para-hydroxylation sites is 1. The van der Waals surface area contributed by atoms with Crippen LogP contribution in [0.1, 0.15) is 11.4 Å². The fraction of sp³-hybridized carbons (Fsp3) is 0.167. The van der Waals surface area contributed by atoms with Gasteiger partial charge in [-0.15, -0.1) is 0 Å². The molecule has 1 aliphatic rings. The fourth-order valence-electron chi connectivity index (χ4n) is 5.05. The number of aryl methyl sites for hydroxylation is 1. The van der Waals surface area contributed by atoms with Crippen molar-refractivity contribution in [3.05, 3.63) is 94.8 Å². The molecule has 0 radical (unpaired) electrons. The molecule has 5 heterocycles. The third-order valence-electron chi connectivity index (χ3n) is 7.11. The lowest BCUT2D eigenvalue weighted by Gasteiger charge is -2.28. The zero-order valence-electron chi connectivity index (χ0n) is 21.9. The maximum atomic E-state index is 11.9. The SMILES string of the molecule is Cn1nc(-c2ccc(-c3c(/C=C/c4ccc5ccccc5n4)nc4c(N5CCOCC5)ccnn34)cc2)[nH]c1=O. The molecular weight excluding hydrogens is 504 g/mol. The molecule has 0 bridgehead atoms. The monoisotopic (exact) mass is 530 g/mol. The molecule has 6 aromatic rings. The van der Waals surface area contributed by atoms with Crippen molar-refractivity contribution in [1.82, 2.24) is 34.3 Å². The zero-order valence-corrected chi connectivity index (χ0v) is 21.9. The summed E-state index contributed by atoms with van der Waals surface area (Å²) >= 11 is 0. The first kappa shape index (κ1) is 24.0. The van der Waals surface area contributed by atoms with Crippen LogP contribution in [0.4, 0.5) is 5.69 Å². The first-order valence-electron chi connectivity index (χ1n) is 13.1. The number of hydrogen-bond donors (Lipinski definition) is 1. The van der Waals surface area contributed by atoms with Gasteiger partial charge in [-0.25, -0.2) is 24.0 Å². The summed E-state index contributed by atoms with van der Waals surface area (Å²) in [5.41, 5.74) is 6.73. The van der Waals surface area contributed by atoms with E-state index in [0.717, 1.165) is 63.5 Å². The van der Waals surface area contributed by atoms with Crippen LogP contribution in [0, 0.1) is 0 Å². The van der Waals surface area contributed by atoms with Crippen LogP contribution >= 0.6 is 0 Å². The van der Waals surface area contributed by atoms with Gasteiger partial charge in [0.15, 0.2) is 11.5 Å². The van der Waals surface area contributed by atoms with E-state index in [-0.39, 0.29) is 5.69 Å². The molecule has 198 valence electrons. The molecule has 0 unspecified atom stereocenters. The zero-order chi connectivity index (χ0) is 27.1. The van der Waals surface area contributed by atoms with Crippen LogP contribution in [0.5, 0.6) is 0 Å². The lowest BCUT2D eigenvalue weighted by molar-refractivity contribution is 0.123. The highest BCUT2D eigenvalue weighted by Gasteiger charge is 2.21. The minimum Gasteiger partial charge on any atom is -0.378 e. The van der Waals surface area contributed by atoms with Crippen molar-refractivity contribution in [3.8, 4) is 22.6 Å². The van der Waals surface area contributed by atoms with E-state index < -0.39 is 0 Å². The Balaban J connectivity index is 1.34. The van der Waals surface area contributed by atoms with Crippen molar-refractivity contribution >= 4 is 34.4 Å². The number of fused-ring (bicyclic) bond motifs is 2. The lowest BCUT2D eigenvalue weighted by Crippen LogP contribution is -2.36. The molecule has 2 aromatic carbocycles. The van der Waals surface area contributed by atoms with Crippen LogP contribution in [0.15, 0.2) is 77.7 Å². The summed E-state index contributed by atoms with van der Waals surface area (Å²) in [5.74, 6) is 0.521. The number of benzene rings is 2. The summed E-state index contributed by atoms with van der Waals surface area (Å²) < 4.78 is 8.76. The second-order valence-electron chi connectivity index (χ2n) is 9.64. The molecule has 1 N–H and O–H groups in total. The first-order chi connectivity index (χ1) is 19.6. The average Bonchev–Trinajstić information content (AvgIpc) is 3.55. The van der Waals surface area contributed by atoms with Crippen molar-refractivity contribution in [1.29, 1.82) is 0 Å². The Kier molecular flexibility index (Phi) is 5.94. The molecule has 0 amide bonds. The Bertz CT molecular complexity index is 1930. The lowest BCUT2D eigenvalue weighted by atomic mass is 10.1. The van der Waals surface area contributed by atoms with Gasteiger partial charge >= 0.3 is 5.69 Å². The van der Waals surface area contributed by atoms with Crippen molar-refractivity contribution in [2.75, 3.05) is 31.2 Å². The number of pyridine rings is 1. The number of nitrogens with one attached hydrogen (secondary N) is 1. The van der Waals surface area contributed by atoms with Gasteiger partial charge in [0.2, 0.25) is 0 Å². The predicted octanol–water partition coefficient (Wildman–Crippen LogP) is 4.04. The maximum Gasteiger partial charge on any atom is 0.343 e. The van der Waals surface area contributed by atoms with Gasteiger partial charge in [-0.1, -0.05) is 48.5 Å². The molecule has 7 rings (SSSR count). The number of nitrogens with zero attached hydrogens (tertiary/aromatic N) is 7. The van der Waals surface area contributed by atoms with E-state index in [1.165, 1.54) is 4.68 Å². The predicted molar refractivity (Wildman–Crippen MR) is 155 cm³/mol. The molecule has 0 saturated carbocycles. The van der Waals surface area contributed by atoms with E-state index in [2.05, 4.69) is 27.1 Å². The van der Waals surface area contributed by atoms with E-state index in [4.69, 9.17) is 19.8 Å². The van der Waals surface area contributed by atoms with Crippen molar-refractivity contribution in [2.24, 2.45) is 7.05 Å². The second kappa shape index (κ2) is 9.90. The summed E-state index contributed by atoms with van der Waals surface area (Å²) in [6.07, 6.45) is 5.79. The van der Waals surface area contributed by atoms with Gasteiger partial charge in [-0.2, -0.15) is 10.2 Å². The quantitative estimate of drug-likeness (QED) is 0.359. The standard InChI is InChI=1S/C30H26N8O2/c1-36-30(39)34-28(35-36)22-8-6-21(7-9-22)27-25(13-12-23-11-10-20-4-2-3-5-24(20)32-23)33-29-26(14-15-31-38(27)29)37-16-18-40-19-17-37/h2-15H,16-19H2,1H3,(H,34,35,39)/b13-12+. The molecule has 4 aromatic heterocycles. The Hall–Kier alpha value is -5.09. The van der Waals surface area contributed by atoms with Gasteiger partial charge in [0.25, 0.3) is 0 Å². The Morgan fingerprint density at radius 3 is 2.50 bits per heavy atom. The van der Waals surface area contributed by atoms with Crippen LogP contribution in [0.2, 0.25) is 0 Å². The number of morpholine rings is 1. The molecular formula is C30H26N8O2. The summed E-state index contributed by atoms with van der Waals surface area (Å²) in [7, 11) is 1.62. The number of rotatable bonds is 5. The number of aromatic amines is 1. The van der Waals surface area contributed by atoms with Crippen LogP contribution in [-0.4, -0.2) is 60.6 Å². The van der Waals surface area contributed by atoms with Crippen LogP contribution in [0.25, 0.3) is 51.3 Å². The minimum atomic E-state index is -0.254. The number of aromatic nitrogens is 7. The highest BCUT2D eigenvalue weighted by atomic mass is 16.5. The molecule has 40 heavy (non-hydrogen) atoms. The number of H-pyrrole nitrogens is 1. The molecule has 1 aliphatic heterocycles. The molecule has 0 atom stereocenters. The molecule has 10 nitrogen and oxygen atoms in total. The van der Waals surface area contributed by atoms with Gasteiger partial charge in [-0.3, -0.25) is 4.98 Å². The van der Waals surface area contributed by atoms with Crippen LogP contribution in [0.3, 0.4) is 0 Å². The van der Waals surface area contributed by atoms with E-state index >= 15 is 0 Å². The van der Waals surface area contributed by atoms with Gasteiger partial charge in [-0.05, 0) is 30.4 Å².